The van der Waals surface area contributed by atoms with Crippen LogP contribution in [0, 0.1) is 5.92 Å². The maximum Gasteiger partial charge on any atom is 0.225 e. The molecule has 24 heavy (non-hydrogen) atoms. The highest BCUT2D eigenvalue weighted by atomic mass is 16.2. The Morgan fingerprint density at radius 2 is 2.00 bits per heavy atom. The van der Waals surface area contributed by atoms with E-state index in [0.717, 1.165) is 38.9 Å². The summed E-state index contributed by atoms with van der Waals surface area (Å²) in [5, 5.41) is 3.50. The molecule has 1 amide bonds. The Bertz CT molecular complexity index is 575. The summed E-state index contributed by atoms with van der Waals surface area (Å²) in [4.78, 5) is 15.2. The Labute approximate surface area is 146 Å². The third kappa shape index (κ3) is 3.11. The van der Waals surface area contributed by atoms with E-state index in [9.17, 15) is 4.79 Å². The number of benzene rings is 1. The van der Waals surface area contributed by atoms with E-state index in [2.05, 4.69) is 41.4 Å². The van der Waals surface area contributed by atoms with Gasteiger partial charge in [0.15, 0.2) is 0 Å². The van der Waals surface area contributed by atoms with E-state index in [1.807, 2.05) is 13.8 Å². The highest BCUT2D eigenvalue weighted by Gasteiger charge is 2.45. The zero-order valence-electron chi connectivity index (χ0n) is 15.5. The average Bonchev–Trinajstić information content (AvgIpc) is 2.61. The van der Waals surface area contributed by atoms with E-state index in [-0.39, 0.29) is 17.4 Å². The molecule has 1 atom stereocenters. The molecule has 3 rings (SSSR count). The molecule has 0 bridgehead atoms. The highest BCUT2D eigenvalue weighted by Crippen LogP contribution is 2.46. The van der Waals surface area contributed by atoms with Crippen LogP contribution in [0.5, 0.6) is 0 Å². The first-order valence-corrected chi connectivity index (χ1v) is 9.69. The quantitative estimate of drug-likeness (QED) is 0.905. The van der Waals surface area contributed by atoms with Gasteiger partial charge in [-0.2, -0.15) is 0 Å². The fourth-order valence-electron chi connectivity index (χ4n) is 4.56. The van der Waals surface area contributed by atoms with Crippen LogP contribution in [0.3, 0.4) is 0 Å². The van der Waals surface area contributed by atoms with Crippen molar-refractivity contribution >= 4 is 5.91 Å². The monoisotopic (exact) mass is 328 g/mol. The molecule has 1 N–H and O–H groups in total. The van der Waals surface area contributed by atoms with Crippen molar-refractivity contribution in [3.63, 3.8) is 0 Å². The number of amides is 1. The lowest BCUT2D eigenvalue weighted by Gasteiger charge is -2.50. The van der Waals surface area contributed by atoms with Gasteiger partial charge in [-0.25, -0.2) is 0 Å². The van der Waals surface area contributed by atoms with E-state index in [1.165, 1.54) is 24.0 Å². The van der Waals surface area contributed by atoms with Gasteiger partial charge in [0.25, 0.3) is 0 Å². The summed E-state index contributed by atoms with van der Waals surface area (Å²) in [7, 11) is 0. The molecule has 1 aromatic rings. The SMILES string of the molecule is CCCCC1c2ccccc2C2(CCNCC2)CN1C(=O)C(C)C. The topological polar surface area (TPSA) is 32.3 Å². The van der Waals surface area contributed by atoms with Crippen LogP contribution >= 0.6 is 0 Å². The third-order valence-electron chi connectivity index (χ3n) is 5.91. The van der Waals surface area contributed by atoms with Crippen LogP contribution in [-0.4, -0.2) is 30.4 Å². The molecule has 1 spiro atoms. The van der Waals surface area contributed by atoms with Crippen molar-refractivity contribution in [1.29, 1.82) is 0 Å². The minimum atomic E-state index is 0.0677. The highest BCUT2D eigenvalue weighted by molar-refractivity contribution is 5.79. The van der Waals surface area contributed by atoms with Gasteiger partial charge >= 0.3 is 0 Å². The number of nitrogens with one attached hydrogen (secondary N) is 1. The molecule has 1 aromatic carbocycles. The van der Waals surface area contributed by atoms with Crippen LogP contribution in [0.25, 0.3) is 0 Å². The number of rotatable bonds is 4. The number of carbonyl (C=O) groups is 1. The van der Waals surface area contributed by atoms with Crippen LogP contribution in [-0.2, 0) is 10.2 Å². The van der Waals surface area contributed by atoms with Crippen molar-refractivity contribution in [3.05, 3.63) is 35.4 Å². The maximum atomic E-state index is 13.0. The van der Waals surface area contributed by atoms with Gasteiger partial charge in [-0.15, -0.1) is 0 Å². The minimum Gasteiger partial charge on any atom is -0.335 e. The van der Waals surface area contributed by atoms with Gasteiger partial charge < -0.3 is 10.2 Å². The first-order chi connectivity index (χ1) is 11.6. The minimum absolute atomic E-state index is 0.0677. The third-order valence-corrected chi connectivity index (χ3v) is 5.91. The van der Waals surface area contributed by atoms with Crippen LogP contribution in [0.15, 0.2) is 24.3 Å². The van der Waals surface area contributed by atoms with Crippen molar-refractivity contribution in [3.8, 4) is 0 Å². The molecule has 1 unspecified atom stereocenters. The fraction of sp³-hybridized carbons (Fsp3) is 0.667. The van der Waals surface area contributed by atoms with Gasteiger partial charge in [-0.1, -0.05) is 57.9 Å². The molecule has 2 aliphatic rings. The van der Waals surface area contributed by atoms with Gasteiger partial charge in [0.2, 0.25) is 5.91 Å². The lowest BCUT2D eigenvalue weighted by molar-refractivity contribution is -0.139. The Morgan fingerprint density at radius 3 is 2.67 bits per heavy atom. The van der Waals surface area contributed by atoms with Gasteiger partial charge in [-0.3, -0.25) is 4.79 Å². The number of hydrogen-bond donors (Lipinski definition) is 1. The fourth-order valence-corrected chi connectivity index (χ4v) is 4.56. The molecular weight excluding hydrogens is 296 g/mol. The summed E-state index contributed by atoms with van der Waals surface area (Å²) in [5.74, 6) is 0.390. The smallest absolute Gasteiger partial charge is 0.225 e. The zero-order valence-corrected chi connectivity index (χ0v) is 15.5. The second kappa shape index (κ2) is 7.26. The Kier molecular flexibility index (Phi) is 5.29. The van der Waals surface area contributed by atoms with Gasteiger partial charge in [0.05, 0.1) is 6.04 Å². The molecular formula is C21H32N2O. The first kappa shape index (κ1) is 17.5. The number of hydrogen-bond acceptors (Lipinski definition) is 2. The largest absolute Gasteiger partial charge is 0.335 e. The first-order valence-electron chi connectivity index (χ1n) is 9.69. The van der Waals surface area contributed by atoms with Crippen LogP contribution in [0.1, 0.15) is 70.0 Å². The van der Waals surface area contributed by atoms with Crippen molar-refractivity contribution < 1.29 is 4.79 Å². The molecule has 1 saturated heterocycles. The second-order valence-electron chi connectivity index (χ2n) is 7.90. The number of unbranched alkanes of at least 4 members (excludes halogenated alkanes) is 1. The second-order valence-corrected chi connectivity index (χ2v) is 7.90. The Hall–Kier alpha value is -1.35. The van der Waals surface area contributed by atoms with E-state index in [4.69, 9.17) is 0 Å². The molecule has 2 heterocycles. The number of nitrogens with zero attached hydrogens (tertiary/aromatic N) is 1. The zero-order chi connectivity index (χ0) is 17.2. The van der Waals surface area contributed by atoms with E-state index in [1.54, 1.807) is 0 Å². The van der Waals surface area contributed by atoms with Crippen LogP contribution in [0.4, 0.5) is 0 Å². The number of fused-ring (bicyclic) bond motifs is 2. The molecule has 3 heteroatoms. The number of piperidine rings is 1. The van der Waals surface area contributed by atoms with Gasteiger partial charge in [0.1, 0.15) is 0 Å². The summed E-state index contributed by atoms with van der Waals surface area (Å²) >= 11 is 0. The summed E-state index contributed by atoms with van der Waals surface area (Å²) < 4.78 is 0. The van der Waals surface area contributed by atoms with Gasteiger partial charge in [-0.05, 0) is 43.5 Å². The van der Waals surface area contributed by atoms with Crippen LogP contribution in [0.2, 0.25) is 0 Å². The van der Waals surface area contributed by atoms with Crippen molar-refractivity contribution in [1.82, 2.24) is 10.2 Å². The predicted octanol–water partition coefficient (Wildman–Crippen LogP) is 4.04. The normalized spacial score (nSPS) is 22.7. The molecule has 0 saturated carbocycles. The Balaban J connectivity index is 2.04. The molecule has 1 fully saturated rings. The molecule has 0 aliphatic carbocycles. The molecule has 3 nitrogen and oxygen atoms in total. The summed E-state index contributed by atoms with van der Waals surface area (Å²) in [6.45, 7) is 9.31. The molecule has 0 aromatic heterocycles. The van der Waals surface area contributed by atoms with Crippen molar-refractivity contribution in [2.45, 2.75) is 64.3 Å². The van der Waals surface area contributed by atoms with Crippen molar-refractivity contribution in [2.75, 3.05) is 19.6 Å². The van der Waals surface area contributed by atoms with Gasteiger partial charge in [0, 0.05) is 17.9 Å². The lowest BCUT2D eigenvalue weighted by atomic mass is 9.67. The Morgan fingerprint density at radius 1 is 1.29 bits per heavy atom. The summed E-state index contributed by atoms with van der Waals surface area (Å²) in [5.41, 5.74) is 3.07. The average molecular weight is 328 g/mol. The lowest BCUT2D eigenvalue weighted by Crippen LogP contribution is -2.54. The standard InChI is InChI=1S/C21H32N2O/c1-4-5-10-19-17-8-6-7-9-18(17)21(11-13-22-14-12-21)15-23(19)20(24)16(2)3/h6-9,16,19,22H,4-5,10-15H2,1-3H3. The van der Waals surface area contributed by atoms with E-state index < -0.39 is 0 Å². The molecule has 0 radical (unpaired) electrons. The summed E-state index contributed by atoms with van der Waals surface area (Å²) in [6, 6.07) is 9.20. The molecule has 2 aliphatic heterocycles. The van der Waals surface area contributed by atoms with Crippen molar-refractivity contribution in [2.24, 2.45) is 5.92 Å². The predicted molar refractivity (Wildman–Crippen MR) is 99.0 cm³/mol. The van der Waals surface area contributed by atoms with E-state index in [0.29, 0.717) is 5.91 Å². The molecule has 132 valence electrons. The maximum absolute atomic E-state index is 13.0. The number of carbonyl (C=O) groups excluding carboxylic acids is 1. The van der Waals surface area contributed by atoms with Crippen LogP contribution < -0.4 is 5.32 Å². The summed E-state index contributed by atoms with van der Waals surface area (Å²) in [6.07, 6.45) is 5.70. The van der Waals surface area contributed by atoms with E-state index >= 15 is 0 Å².